The van der Waals surface area contributed by atoms with Gasteiger partial charge in [0, 0.05) is 36.6 Å². The van der Waals surface area contributed by atoms with Crippen molar-refractivity contribution in [1.82, 2.24) is 10.2 Å². The third-order valence-electron chi connectivity index (χ3n) is 6.36. The first-order valence-electron chi connectivity index (χ1n) is 10.7. The summed E-state index contributed by atoms with van der Waals surface area (Å²) in [6.07, 6.45) is 11.4. The fourth-order valence-corrected chi connectivity index (χ4v) is 4.77. The summed E-state index contributed by atoms with van der Waals surface area (Å²) >= 11 is 0. The van der Waals surface area contributed by atoms with Gasteiger partial charge in [-0.25, -0.2) is 0 Å². The number of nitrogens with zero attached hydrogens (tertiary/aromatic N) is 1. The molecule has 0 bridgehead atoms. The highest BCUT2D eigenvalue weighted by Gasteiger charge is 2.24. The molecule has 2 fully saturated rings. The molecule has 0 radical (unpaired) electrons. The normalized spacial score (nSPS) is 20.2. The Balaban J connectivity index is 1.24. The minimum Gasteiger partial charge on any atom is -0.464 e. The van der Waals surface area contributed by atoms with Crippen LogP contribution in [0.4, 0.5) is 0 Å². The molecule has 0 unspecified atom stereocenters. The molecule has 1 aliphatic heterocycles. The van der Waals surface area contributed by atoms with Gasteiger partial charge in [-0.05, 0) is 50.2 Å². The number of likely N-dealkylation sites (tertiary alicyclic amines) is 1. The number of carbonyl (C=O) groups excluding carboxylic acids is 1. The topological polar surface area (TPSA) is 45.5 Å². The summed E-state index contributed by atoms with van der Waals surface area (Å²) in [5, 5.41) is 4.30. The minimum absolute atomic E-state index is 0.115. The molecule has 1 saturated carbocycles. The predicted octanol–water partition coefficient (Wildman–Crippen LogP) is 4.44. The molecule has 1 amide bonds. The van der Waals surface area contributed by atoms with Gasteiger partial charge in [0.05, 0.1) is 12.7 Å². The zero-order chi connectivity index (χ0) is 18.6. The van der Waals surface area contributed by atoms with E-state index < -0.39 is 0 Å². The van der Waals surface area contributed by atoms with Crippen LogP contribution >= 0.6 is 0 Å². The predicted molar refractivity (Wildman–Crippen MR) is 109 cm³/mol. The molecule has 146 valence electrons. The van der Waals surface area contributed by atoms with Gasteiger partial charge in [-0.3, -0.25) is 4.79 Å². The van der Waals surface area contributed by atoms with Crippen molar-refractivity contribution in [3.05, 3.63) is 35.6 Å². The molecule has 0 atom stereocenters. The number of amides is 1. The summed E-state index contributed by atoms with van der Waals surface area (Å²) in [5.74, 6) is 1.02. The van der Waals surface area contributed by atoms with Gasteiger partial charge in [-0.1, -0.05) is 31.4 Å². The van der Waals surface area contributed by atoms with E-state index in [0.717, 1.165) is 48.4 Å². The van der Waals surface area contributed by atoms with Gasteiger partial charge in [0.25, 0.3) is 0 Å². The minimum atomic E-state index is 0.115. The summed E-state index contributed by atoms with van der Waals surface area (Å²) in [6.45, 7) is 5.56. The molecule has 1 saturated heterocycles. The second kappa shape index (κ2) is 8.47. The summed E-state index contributed by atoms with van der Waals surface area (Å²) in [4.78, 5) is 15.1. The number of carbonyl (C=O) groups is 1. The number of furan rings is 1. The molecule has 4 nitrogen and oxygen atoms in total. The van der Waals surface area contributed by atoms with Crippen LogP contribution in [0.5, 0.6) is 0 Å². The Morgan fingerprint density at radius 2 is 1.93 bits per heavy atom. The summed E-state index contributed by atoms with van der Waals surface area (Å²) in [5.41, 5.74) is 3.03. The van der Waals surface area contributed by atoms with E-state index in [1.807, 2.05) is 6.07 Å². The molecule has 1 aromatic carbocycles. The molecule has 27 heavy (non-hydrogen) atoms. The SMILES string of the molecule is Cc1ccc2c(CC(=O)NC3CCN(CC4CCCCC4)CC3)coc2c1. The van der Waals surface area contributed by atoms with E-state index in [1.54, 1.807) is 6.26 Å². The van der Waals surface area contributed by atoms with Crippen LogP contribution in [0, 0.1) is 12.8 Å². The first-order valence-corrected chi connectivity index (χ1v) is 10.7. The molecule has 4 rings (SSSR count). The highest BCUT2D eigenvalue weighted by molar-refractivity contribution is 5.88. The first kappa shape index (κ1) is 18.5. The van der Waals surface area contributed by atoms with Crippen LogP contribution in [-0.2, 0) is 11.2 Å². The molecule has 1 aromatic heterocycles. The summed E-state index contributed by atoms with van der Waals surface area (Å²) in [7, 11) is 0. The van der Waals surface area contributed by atoms with Crippen molar-refractivity contribution in [2.45, 2.75) is 64.3 Å². The standard InChI is InChI=1S/C23H32N2O2/c1-17-7-8-21-19(16-27-22(21)13-17)14-23(26)24-20-9-11-25(12-10-20)15-18-5-3-2-4-6-18/h7-8,13,16,18,20H,2-6,9-12,14-15H2,1H3,(H,24,26). The Hall–Kier alpha value is -1.81. The lowest BCUT2D eigenvalue weighted by Crippen LogP contribution is -2.46. The number of nitrogens with one attached hydrogen (secondary N) is 1. The van der Waals surface area contributed by atoms with Crippen LogP contribution in [0.2, 0.25) is 0 Å². The van der Waals surface area contributed by atoms with Gasteiger partial charge in [-0.2, -0.15) is 0 Å². The summed E-state index contributed by atoms with van der Waals surface area (Å²) in [6, 6.07) is 6.47. The molecule has 2 aliphatic rings. The van der Waals surface area contributed by atoms with Crippen molar-refractivity contribution in [3.8, 4) is 0 Å². The van der Waals surface area contributed by atoms with Gasteiger partial charge in [0.1, 0.15) is 5.58 Å². The van der Waals surface area contributed by atoms with Crippen LogP contribution in [-0.4, -0.2) is 36.5 Å². The van der Waals surface area contributed by atoms with Crippen molar-refractivity contribution in [2.75, 3.05) is 19.6 Å². The molecule has 2 aromatic rings. The maximum absolute atomic E-state index is 12.5. The average molecular weight is 369 g/mol. The molecule has 0 spiro atoms. The zero-order valence-electron chi connectivity index (χ0n) is 16.5. The smallest absolute Gasteiger partial charge is 0.224 e. The van der Waals surface area contributed by atoms with Gasteiger partial charge >= 0.3 is 0 Å². The number of rotatable bonds is 5. The molecular weight excluding hydrogens is 336 g/mol. The fourth-order valence-electron chi connectivity index (χ4n) is 4.77. The maximum Gasteiger partial charge on any atom is 0.224 e. The van der Waals surface area contributed by atoms with Crippen LogP contribution in [0.15, 0.2) is 28.9 Å². The van der Waals surface area contributed by atoms with Crippen molar-refractivity contribution in [1.29, 1.82) is 0 Å². The van der Waals surface area contributed by atoms with E-state index in [2.05, 4.69) is 29.3 Å². The van der Waals surface area contributed by atoms with Crippen LogP contribution < -0.4 is 5.32 Å². The van der Waals surface area contributed by atoms with E-state index >= 15 is 0 Å². The third kappa shape index (κ3) is 4.73. The summed E-state index contributed by atoms with van der Waals surface area (Å²) < 4.78 is 5.62. The molecular formula is C23H32N2O2. The highest BCUT2D eigenvalue weighted by Crippen LogP contribution is 2.26. The lowest BCUT2D eigenvalue weighted by atomic mass is 9.88. The third-order valence-corrected chi connectivity index (χ3v) is 6.36. The number of hydrogen-bond acceptors (Lipinski definition) is 3. The Morgan fingerprint density at radius 3 is 2.70 bits per heavy atom. The molecule has 2 heterocycles. The number of aryl methyl sites for hydroxylation is 1. The van der Waals surface area contributed by atoms with E-state index in [1.165, 1.54) is 44.2 Å². The first-order chi connectivity index (χ1) is 13.2. The lowest BCUT2D eigenvalue weighted by Gasteiger charge is -2.35. The van der Waals surface area contributed by atoms with Crippen LogP contribution in [0.25, 0.3) is 11.0 Å². The van der Waals surface area contributed by atoms with Crippen molar-refractivity contribution >= 4 is 16.9 Å². The number of hydrogen-bond donors (Lipinski definition) is 1. The van der Waals surface area contributed by atoms with Crippen molar-refractivity contribution in [2.24, 2.45) is 5.92 Å². The zero-order valence-corrected chi connectivity index (χ0v) is 16.5. The number of piperidine rings is 1. The van der Waals surface area contributed by atoms with E-state index in [4.69, 9.17) is 4.42 Å². The Morgan fingerprint density at radius 1 is 1.15 bits per heavy atom. The van der Waals surface area contributed by atoms with E-state index in [9.17, 15) is 4.79 Å². The maximum atomic E-state index is 12.5. The van der Waals surface area contributed by atoms with Crippen LogP contribution in [0.1, 0.15) is 56.1 Å². The number of benzene rings is 1. The second-order valence-corrected chi connectivity index (χ2v) is 8.58. The highest BCUT2D eigenvalue weighted by atomic mass is 16.3. The van der Waals surface area contributed by atoms with Crippen molar-refractivity contribution < 1.29 is 9.21 Å². The average Bonchev–Trinajstić information content (AvgIpc) is 3.06. The number of fused-ring (bicyclic) bond motifs is 1. The Bertz CT molecular complexity index is 768. The molecule has 1 aliphatic carbocycles. The molecule has 1 N–H and O–H groups in total. The fraction of sp³-hybridized carbons (Fsp3) is 0.609. The Kier molecular flexibility index (Phi) is 5.82. The lowest BCUT2D eigenvalue weighted by molar-refractivity contribution is -0.121. The van der Waals surface area contributed by atoms with Gasteiger partial charge in [0.2, 0.25) is 5.91 Å². The van der Waals surface area contributed by atoms with Crippen LogP contribution in [0.3, 0.4) is 0 Å². The monoisotopic (exact) mass is 368 g/mol. The van der Waals surface area contributed by atoms with E-state index in [-0.39, 0.29) is 5.91 Å². The second-order valence-electron chi connectivity index (χ2n) is 8.58. The largest absolute Gasteiger partial charge is 0.464 e. The van der Waals surface area contributed by atoms with Crippen molar-refractivity contribution in [3.63, 3.8) is 0 Å². The van der Waals surface area contributed by atoms with Gasteiger partial charge in [0.15, 0.2) is 0 Å². The van der Waals surface area contributed by atoms with E-state index in [0.29, 0.717) is 12.5 Å². The van der Waals surface area contributed by atoms with Gasteiger partial charge in [-0.15, -0.1) is 0 Å². The Labute approximate surface area is 162 Å². The van der Waals surface area contributed by atoms with Gasteiger partial charge < -0.3 is 14.6 Å². The molecule has 4 heteroatoms. The quantitative estimate of drug-likeness (QED) is 0.848.